The highest BCUT2D eigenvalue weighted by molar-refractivity contribution is 5.40. The fourth-order valence-corrected chi connectivity index (χ4v) is 7.77. The van der Waals surface area contributed by atoms with E-state index in [1.54, 1.807) is 5.56 Å². The van der Waals surface area contributed by atoms with E-state index < -0.39 is 0 Å². The molecule has 0 spiro atoms. The van der Waals surface area contributed by atoms with Crippen LogP contribution in [0.4, 0.5) is 0 Å². The lowest BCUT2D eigenvalue weighted by atomic mass is 9.55. The van der Waals surface area contributed by atoms with E-state index in [4.69, 9.17) is 18.9 Å². The van der Waals surface area contributed by atoms with Crippen LogP contribution in [0.15, 0.2) is 18.2 Å². The van der Waals surface area contributed by atoms with Gasteiger partial charge in [0.25, 0.3) is 0 Å². The van der Waals surface area contributed by atoms with Crippen LogP contribution in [0.5, 0.6) is 5.75 Å². The lowest BCUT2D eigenvalue weighted by molar-refractivity contribution is -0.212. The zero-order valence-corrected chi connectivity index (χ0v) is 19.7. The number of aryl methyl sites for hydroxylation is 1. The highest BCUT2D eigenvalue weighted by atomic mass is 16.7. The van der Waals surface area contributed by atoms with Crippen LogP contribution in [0.2, 0.25) is 0 Å². The topological polar surface area (TPSA) is 36.9 Å². The molecular weight excluding hydrogens is 400 g/mol. The third kappa shape index (κ3) is 3.91. The molecule has 1 aromatic carbocycles. The predicted molar refractivity (Wildman–Crippen MR) is 124 cm³/mol. The summed E-state index contributed by atoms with van der Waals surface area (Å²) in [5.41, 5.74) is 3.44. The smallest absolute Gasteiger partial charge is 0.199 e. The van der Waals surface area contributed by atoms with Gasteiger partial charge in [-0.3, -0.25) is 0 Å². The molecule has 4 heteroatoms. The van der Waals surface area contributed by atoms with Crippen molar-refractivity contribution in [1.29, 1.82) is 0 Å². The van der Waals surface area contributed by atoms with Crippen LogP contribution in [0.1, 0.15) is 94.6 Å². The zero-order valence-electron chi connectivity index (χ0n) is 19.7. The molecule has 2 heterocycles. The van der Waals surface area contributed by atoms with E-state index in [-0.39, 0.29) is 12.6 Å². The van der Waals surface area contributed by atoms with Crippen LogP contribution in [-0.4, -0.2) is 31.9 Å². The van der Waals surface area contributed by atoms with Gasteiger partial charge in [-0.1, -0.05) is 13.0 Å². The first-order chi connectivity index (χ1) is 15.7. The van der Waals surface area contributed by atoms with Crippen molar-refractivity contribution < 1.29 is 18.9 Å². The van der Waals surface area contributed by atoms with Gasteiger partial charge in [-0.05, 0) is 117 Å². The van der Waals surface area contributed by atoms with Crippen molar-refractivity contribution in [3.63, 3.8) is 0 Å². The molecule has 4 nitrogen and oxygen atoms in total. The van der Waals surface area contributed by atoms with Crippen LogP contribution < -0.4 is 4.74 Å². The molecule has 4 fully saturated rings. The van der Waals surface area contributed by atoms with E-state index in [1.807, 2.05) is 0 Å². The number of fused-ring (bicyclic) bond motifs is 5. The number of hydrogen-bond donors (Lipinski definition) is 0. The lowest BCUT2D eigenvalue weighted by Gasteiger charge is -2.51. The second kappa shape index (κ2) is 8.92. The van der Waals surface area contributed by atoms with Gasteiger partial charge in [-0.25, -0.2) is 0 Å². The van der Waals surface area contributed by atoms with Crippen LogP contribution in [0.25, 0.3) is 0 Å². The van der Waals surface area contributed by atoms with Gasteiger partial charge >= 0.3 is 0 Å². The maximum absolute atomic E-state index is 6.61. The lowest BCUT2D eigenvalue weighted by Crippen LogP contribution is -2.46. The van der Waals surface area contributed by atoms with Gasteiger partial charge in [0, 0.05) is 13.0 Å². The summed E-state index contributed by atoms with van der Waals surface area (Å²) in [4.78, 5) is 0. The third-order valence-corrected chi connectivity index (χ3v) is 9.47. The first-order valence-corrected chi connectivity index (χ1v) is 13.4. The second-order valence-corrected chi connectivity index (χ2v) is 11.2. The van der Waals surface area contributed by atoms with Crippen molar-refractivity contribution >= 4 is 0 Å². The summed E-state index contributed by atoms with van der Waals surface area (Å²) in [6.07, 6.45) is 14.9. The molecule has 0 amide bonds. The van der Waals surface area contributed by atoms with E-state index in [2.05, 4.69) is 25.1 Å². The zero-order chi connectivity index (χ0) is 21.5. The number of benzene rings is 1. The fourth-order valence-electron chi connectivity index (χ4n) is 7.77. The molecule has 1 aromatic rings. The Morgan fingerprint density at radius 1 is 0.875 bits per heavy atom. The Hall–Kier alpha value is -1.10. The van der Waals surface area contributed by atoms with Crippen LogP contribution >= 0.6 is 0 Å². The Balaban J connectivity index is 1.15. The summed E-state index contributed by atoms with van der Waals surface area (Å²) in [5, 5.41) is 0. The Morgan fingerprint density at radius 2 is 1.69 bits per heavy atom. The summed E-state index contributed by atoms with van der Waals surface area (Å²) in [6, 6.07) is 6.90. The van der Waals surface area contributed by atoms with Crippen molar-refractivity contribution in [3.05, 3.63) is 29.3 Å². The molecule has 2 saturated carbocycles. The van der Waals surface area contributed by atoms with Crippen molar-refractivity contribution in [1.82, 2.24) is 0 Å². The van der Waals surface area contributed by atoms with Gasteiger partial charge in [0.2, 0.25) is 0 Å². The van der Waals surface area contributed by atoms with Crippen LogP contribution in [0, 0.1) is 17.3 Å². The largest absolute Gasteiger partial charge is 0.465 e. The highest BCUT2D eigenvalue weighted by Gasteiger charge is 2.55. The van der Waals surface area contributed by atoms with Gasteiger partial charge in [-0.2, -0.15) is 0 Å². The van der Waals surface area contributed by atoms with E-state index >= 15 is 0 Å². The van der Waals surface area contributed by atoms with Crippen LogP contribution in [0.3, 0.4) is 0 Å². The van der Waals surface area contributed by atoms with Crippen molar-refractivity contribution in [3.8, 4) is 5.75 Å². The standard InChI is InChI=1S/C28H40O4/c1-28-15-14-22-21-11-9-20(31-26-6-2-4-16-29-26)18-19(21)8-10-23(22)24(28)12-13-25(28)32-27-7-3-5-17-30-27/h9,11,18,22-27H,2-8,10,12-17H2,1H3/t22?,23?,24?,25?,26?,27?,28-/m0/s1. The first-order valence-electron chi connectivity index (χ1n) is 13.4. The minimum atomic E-state index is -0.0582. The Kier molecular flexibility index (Phi) is 5.98. The van der Waals surface area contributed by atoms with E-state index in [0.29, 0.717) is 17.4 Å². The number of rotatable bonds is 4. The molecular formula is C28H40O4. The van der Waals surface area contributed by atoms with E-state index in [0.717, 1.165) is 50.1 Å². The number of ether oxygens (including phenoxy) is 4. The minimum Gasteiger partial charge on any atom is -0.465 e. The quantitative estimate of drug-likeness (QED) is 0.546. The summed E-state index contributed by atoms with van der Waals surface area (Å²) in [7, 11) is 0. The molecule has 6 rings (SSSR count). The molecule has 176 valence electrons. The average Bonchev–Trinajstić information content (AvgIpc) is 3.16. The normalized spacial score (nSPS) is 41.4. The predicted octanol–water partition coefficient (Wildman–Crippen LogP) is 6.36. The average molecular weight is 441 g/mol. The second-order valence-electron chi connectivity index (χ2n) is 11.2. The molecule has 6 unspecified atom stereocenters. The number of hydrogen-bond acceptors (Lipinski definition) is 4. The molecule has 5 aliphatic rings. The molecule has 0 radical (unpaired) electrons. The molecule has 2 aliphatic heterocycles. The molecule has 0 aromatic heterocycles. The molecule has 7 atom stereocenters. The van der Waals surface area contributed by atoms with E-state index in [9.17, 15) is 0 Å². The maximum Gasteiger partial charge on any atom is 0.199 e. The minimum absolute atomic E-state index is 0.0423. The van der Waals surface area contributed by atoms with E-state index in [1.165, 1.54) is 63.4 Å². The Morgan fingerprint density at radius 3 is 2.47 bits per heavy atom. The SMILES string of the molecule is C[C@]12CCC3c4ccc(OC5CCCCO5)cc4CCC3C1CCC2OC1CCCCO1. The third-order valence-electron chi connectivity index (χ3n) is 9.47. The Labute approximate surface area is 193 Å². The van der Waals surface area contributed by atoms with Gasteiger partial charge < -0.3 is 18.9 Å². The molecule has 0 bridgehead atoms. The van der Waals surface area contributed by atoms with Crippen molar-refractivity contribution in [2.75, 3.05) is 13.2 Å². The fraction of sp³-hybridized carbons (Fsp3) is 0.786. The van der Waals surface area contributed by atoms with Crippen molar-refractivity contribution in [2.24, 2.45) is 17.3 Å². The summed E-state index contributed by atoms with van der Waals surface area (Å²) < 4.78 is 24.5. The highest BCUT2D eigenvalue weighted by Crippen LogP contribution is 2.61. The van der Waals surface area contributed by atoms with Crippen molar-refractivity contribution in [2.45, 2.75) is 109 Å². The summed E-state index contributed by atoms with van der Waals surface area (Å²) in [6.45, 7) is 4.24. The summed E-state index contributed by atoms with van der Waals surface area (Å²) in [5.74, 6) is 3.29. The molecule has 3 aliphatic carbocycles. The molecule has 32 heavy (non-hydrogen) atoms. The van der Waals surface area contributed by atoms with Gasteiger partial charge in [0.1, 0.15) is 5.75 Å². The van der Waals surface area contributed by atoms with Gasteiger partial charge in [0.15, 0.2) is 12.6 Å². The summed E-state index contributed by atoms with van der Waals surface area (Å²) >= 11 is 0. The first kappa shape index (κ1) is 21.4. The maximum atomic E-state index is 6.61. The Bertz CT molecular complexity index is 797. The monoisotopic (exact) mass is 440 g/mol. The van der Waals surface area contributed by atoms with Crippen LogP contribution in [-0.2, 0) is 20.6 Å². The molecule has 2 saturated heterocycles. The van der Waals surface area contributed by atoms with Gasteiger partial charge in [-0.15, -0.1) is 0 Å². The molecule has 0 N–H and O–H groups in total. The van der Waals surface area contributed by atoms with Gasteiger partial charge in [0.05, 0.1) is 12.7 Å².